The van der Waals surface area contributed by atoms with Crippen LogP contribution in [0.5, 0.6) is 5.75 Å². The quantitative estimate of drug-likeness (QED) is 0.750. The van der Waals surface area contributed by atoms with Gasteiger partial charge in [-0.3, -0.25) is 4.79 Å². The van der Waals surface area contributed by atoms with E-state index in [-0.39, 0.29) is 11.9 Å². The van der Waals surface area contributed by atoms with Gasteiger partial charge >= 0.3 is 0 Å². The third kappa shape index (κ3) is 2.07. The van der Waals surface area contributed by atoms with E-state index >= 15 is 0 Å². The second-order valence-electron chi connectivity index (χ2n) is 4.65. The summed E-state index contributed by atoms with van der Waals surface area (Å²) < 4.78 is 11.1. The van der Waals surface area contributed by atoms with Crippen molar-refractivity contribution >= 4 is 5.78 Å². The molecule has 0 radical (unpaired) electrons. The Labute approximate surface area is 101 Å². The lowest BCUT2D eigenvalue weighted by atomic mass is 10.0. The molecule has 1 saturated heterocycles. The van der Waals surface area contributed by atoms with Crippen molar-refractivity contribution < 1.29 is 14.3 Å². The molecule has 1 aromatic carbocycles. The van der Waals surface area contributed by atoms with Crippen molar-refractivity contribution in [2.24, 2.45) is 0 Å². The molecular weight excluding hydrogens is 216 g/mol. The zero-order valence-corrected chi connectivity index (χ0v) is 9.78. The van der Waals surface area contributed by atoms with Gasteiger partial charge in [-0.25, -0.2) is 0 Å². The molecule has 0 aromatic heterocycles. The van der Waals surface area contributed by atoms with Gasteiger partial charge in [-0.1, -0.05) is 12.1 Å². The van der Waals surface area contributed by atoms with E-state index in [1.807, 2.05) is 18.2 Å². The van der Waals surface area contributed by atoms with E-state index in [1.165, 1.54) is 0 Å². The molecule has 1 aromatic rings. The maximum absolute atomic E-state index is 12.2. The molecule has 2 aliphatic rings. The molecule has 1 fully saturated rings. The van der Waals surface area contributed by atoms with Gasteiger partial charge in [0, 0.05) is 19.4 Å². The zero-order valence-electron chi connectivity index (χ0n) is 9.78. The highest BCUT2D eigenvalue weighted by Gasteiger charge is 2.24. The summed E-state index contributed by atoms with van der Waals surface area (Å²) in [4.78, 5) is 12.2. The van der Waals surface area contributed by atoms with E-state index in [1.54, 1.807) is 0 Å². The highest BCUT2D eigenvalue weighted by Crippen LogP contribution is 2.31. The van der Waals surface area contributed by atoms with Crippen LogP contribution in [0.4, 0.5) is 0 Å². The molecular formula is C14H16O3. The van der Waals surface area contributed by atoms with Gasteiger partial charge < -0.3 is 9.47 Å². The Kier molecular flexibility index (Phi) is 2.85. The first-order valence-corrected chi connectivity index (χ1v) is 6.24. The van der Waals surface area contributed by atoms with Gasteiger partial charge in [0.2, 0.25) is 0 Å². The molecule has 0 saturated carbocycles. The number of Topliss-reactive ketones (excluding diaryl/α,β-unsaturated/α-hetero) is 1. The van der Waals surface area contributed by atoms with Crippen molar-refractivity contribution in [3.05, 3.63) is 29.3 Å². The maximum Gasteiger partial charge on any atom is 0.169 e. The van der Waals surface area contributed by atoms with Crippen LogP contribution in [0.3, 0.4) is 0 Å². The molecule has 0 N–H and O–H groups in total. The van der Waals surface area contributed by atoms with E-state index in [0.717, 1.165) is 42.7 Å². The Balaban J connectivity index is 1.79. The third-order valence-corrected chi connectivity index (χ3v) is 3.45. The SMILES string of the molecule is O=C(CC1CCCO1)c1cccc2c1OCC2. The monoisotopic (exact) mass is 232 g/mol. The Hall–Kier alpha value is -1.35. The number of hydrogen-bond acceptors (Lipinski definition) is 3. The van der Waals surface area contributed by atoms with Gasteiger partial charge in [0.25, 0.3) is 0 Å². The van der Waals surface area contributed by atoms with E-state index in [4.69, 9.17) is 9.47 Å². The average molecular weight is 232 g/mol. The summed E-state index contributed by atoms with van der Waals surface area (Å²) in [7, 11) is 0. The first-order valence-electron chi connectivity index (χ1n) is 6.24. The van der Waals surface area contributed by atoms with Crippen LogP contribution in [0.2, 0.25) is 0 Å². The third-order valence-electron chi connectivity index (χ3n) is 3.45. The molecule has 1 unspecified atom stereocenters. The standard InChI is InChI=1S/C14H16O3/c15-13(9-11-4-2-7-16-11)12-5-1-3-10-6-8-17-14(10)12/h1,3,5,11H,2,4,6-9H2. The normalized spacial score (nSPS) is 22.2. The summed E-state index contributed by atoms with van der Waals surface area (Å²) in [6, 6.07) is 5.84. The van der Waals surface area contributed by atoms with Crippen LogP contribution >= 0.6 is 0 Å². The topological polar surface area (TPSA) is 35.5 Å². The summed E-state index contributed by atoms with van der Waals surface area (Å²) in [5.74, 6) is 0.950. The van der Waals surface area contributed by atoms with Gasteiger partial charge in [0.1, 0.15) is 5.75 Å². The Morgan fingerprint density at radius 1 is 1.35 bits per heavy atom. The molecule has 1 atom stereocenters. The van der Waals surface area contributed by atoms with Gasteiger partial charge in [0.05, 0.1) is 18.3 Å². The van der Waals surface area contributed by atoms with Crippen LogP contribution < -0.4 is 4.74 Å². The number of carbonyl (C=O) groups excluding carboxylic acids is 1. The molecule has 3 heteroatoms. The molecule has 0 aliphatic carbocycles. The largest absolute Gasteiger partial charge is 0.492 e. The fraction of sp³-hybridized carbons (Fsp3) is 0.500. The fourth-order valence-corrected chi connectivity index (χ4v) is 2.56. The Morgan fingerprint density at radius 3 is 3.12 bits per heavy atom. The number of benzene rings is 1. The van der Waals surface area contributed by atoms with Gasteiger partial charge in [0.15, 0.2) is 5.78 Å². The molecule has 0 bridgehead atoms. The second kappa shape index (κ2) is 4.49. The lowest BCUT2D eigenvalue weighted by Gasteiger charge is -2.10. The molecule has 17 heavy (non-hydrogen) atoms. The molecule has 3 nitrogen and oxygen atoms in total. The van der Waals surface area contributed by atoms with Crippen molar-refractivity contribution in [1.29, 1.82) is 0 Å². The van der Waals surface area contributed by atoms with Gasteiger partial charge in [-0.2, -0.15) is 0 Å². The number of ketones is 1. The number of fused-ring (bicyclic) bond motifs is 1. The zero-order chi connectivity index (χ0) is 11.7. The summed E-state index contributed by atoms with van der Waals surface area (Å²) in [5.41, 5.74) is 1.89. The predicted octanol–water partition coefficient (Wildman–Crippen LogP) is 2.37. The predicted molar refractivity (Wildman–Crippen MR) is 63.6 cm³/mol. The minimum Gasteiger partial charge on any atom is -0.492 e. The Morgan fingerprint density at radius 2 is 2.29 bits per heavy atom. The molecule has 90 valence electrons. The van der Waals surface area contributed by atoms with Crippen LogP contribution in [0.1, 0.15) is 35.2 Å². The number of carbonyl (C=O) groups is 1. The number of ether oxygens (including phenoxy) is 2. The highest BCUT2D eigenvalue weighted by atomic mass is 16.5. The molecule has 0 amide bonds. The first kappa shape index (κ1) is 10.8. The van der Waals surface area contributed by atoms with Crippen molar-refractivity contribution in [2.75, 3.05) is 13.2 Å². The number of rotatable bonds is 3. The van der Waals surface area contributed by atoms with E-state index in [9.17, 15) is 4.79 Å². The average Bonchev–Trinajstić information content (AvgIpc) is 2.97. The smallest absolute Gasteiger partial charge is 0.169 e. The van der Waals surface area contributed by atoms with E-state index < -0.39 is 0 Å². The van der Waals surface area contributed by atoms with Crippen molar-refractivity contribution in [2.45, 2.75) is 31.8 Å². The van der Waals surface area contributed by atoms with Crippen LogP contribution in [0.15, 0.2) is 18.2 Å². The first-order chi connectivity index (χ1) is 8.34. The fourth-order valence-electron chi connectivity index (χ4n) is 2.56. The minimum absolute atomic E-state index is 0.111. The maximum atomic E-state index is 12.2. The lowest BCUT2D eigenvalue weighted by Crippen LogP contribution is -2.13. The molecule has 2 heterocycles. The number of para-hydroxylation sites is 1. The second-order valence-corrected chi connectivity index (χ2v) is 4.65. The van der Waals surface area contributed by atoms with Crippen LogP contribution in [0, 0.1) is 0 Å². The molecule has 2 aliphatic heterocycles. The van der Waals surface area contributed by atoms with Crippen LogP contribution in [-0.2, 0) is 11.2 Å². The summed E-state index contributed by atoms with van der Waals surface area (Å²) in [6.07, 6.45) is 3.58. The Bertz CT molecular complexity index is 433. The van der Waals surface area contributed by atoms with Crippen molar-refractivity contribution in [1.82, 2.24) is 0 Å². The van der Waals surface area contributed by atoms with Crippen molar-refractivity contribution in [3.8, 4) is 5.75 Å². The molecule has 3 rings (SSSR count). The summed E-state index contributed by atoms with van der Waals surface area (Å²) >= 11 is 0. The minimum atomic E-state index is 0.111. The van der Waals surface area contributed by atoms with E-state index in [0.29, 0.717) is 13.0 Å². The molecule has 0 spiro atoms. The van der Waals surface area contributed by atoms with Gasteiger partial charge in [-0.15, -0.1) is 0 Å². The van der Waals surface area contributed by atoms with Crippen LogP contribution in [-0.4, -0.2) is 25.1 Å². The summed E-state index contributed by atoms with van der Waals surface area (Å²) in [6.45, 7) is 1.49. The van der Waals surface area contributed by atoms with Crippen molar-refractivity contribution in [3.63, 3.8) is 0 Å². The van der Waals surface area contributed by atoms with E-state index in [2.05, 4.69) is 0 Å². The lowest BCUT2D eigenvalue weighted by molar-refractivity contribution is 0.0773. The number of hydrogen-bond donors (Lipinski definition) is 0. The summed E-state index contributed by atoms with van der Waals surface area (Å²) in [5, 5.41) is 0. The van der Waals surface area contributed by atoms with Gasteiger partial charge in [-0.05, 0) is 24.5 Å². The highest BCUT2D eigenvalue weighted by molar-refractivity contribution is 5.99. The van der Waals surface area contributed by atoms with Crippen LogP contribution in [0.25, 0.3) is 0 Å².